The highest BCUT2D eigenvalue weighted by Crippen LogP contribution is 2.51. The fraction of sp³-hybridized carbons (Fsp3) is 0.800. The van der Waals surface area contributed by atoms with Crippen LogP contribution in [0.3, 0.4) is 0 Å². The molecule has 0 saturated carbocycles. The third kappa shape index (κ3) is 5.34. The molecule has 0 radical (unpaired) electrons. The zero-order valence-corrected chi connectivity index (χ0v) is 11.8. The van der Waals surface area contributed by atoms with Gasteiger partial charge in [0.25, 0.3) is 6.17 Å². The molecular weight excluding hydrogens is 418 g/mol. The van der Waals surface area contributed by atoms with Gasteiger partial charge in [0.2, 0.25) is 0 Å². The van der Waals surface area contributed by atoms with Gasteiger partial charge in [-0.15, -0.1) is 13.2 Å². The second-order valence-corrected chi connectivity index (χ2v) is 4.36. The highest BCUT2D eigenvalue weighted by Gasteiger charge is 2.79. The summed E-state index contributed by atoms with van der Waals surface area (Å²) in [4.78, 5) is 0. The van der Waals surface area contributed by atoms with Gasteiger partial charge < -0.3 is 0 Å². The molecular formula is C10H6F14O2. The lowest BCUT2D eigenvalue weighted by Gasteiger charge is -2.34. The first-order valence-electron chi connectivity index (χ1n) is 5.77. The van der Waals surface area contributed by atoms with Gasteiger partial charge in [0.15, 0.2) is 0 Å². The monoisotopic (exact) mass is 424 g/mol. The Morgan fingerprint density at radius 1 is 0.692 bits per heavy atom. The largest absolute Gasteiger partial charge is 0.527 e. The van der Waals surface area contributed by atoms with Gasteiger partial charge in [0.1, 0.15) is 0 Å². The summed E-state index contributed by atoms with van der Waals surface area (Å²) in [6.45, 7) is 0.720. The van der Waals surface area contributed by atoms with Crippen molar-refractivity contribution in [3.8, 4) is 0 Å². The third-order valence-electron chi connectivity index (χ3n) is 2.26. The summed E-state index contributed by atoms with van der Waals surface area (Å²) in [6, 6.07) is 0. The highest BCUT2D eigenvalue weighted by atomic mass is 19.4. The molecule has 0 rings (SSSR count). The quantitative estimate of drug-likeness (QED) is 0.379. The smallest absolute Gasteiger partial charge is 0.248 e. The van der Waals surface area contributed by atoms with E-state index in [4.69, 9.17) is 0 Å². The molecule has 0 aliphatic carbocycles. The molecule has 0 amide bonds. The van der Waals surface area contributed by atoms with Crippen molar-refractivity contribution in [3.63, 3.8) is 0 Å². The van der Waals surface area contributed by atoms with Gasteiger partial charge in [-0.25, -0.2) is 13.9 Å². The van der Waals surface area contributed by atoms with Crippen LogP contribution in [-0.2, 0) is 9.47 Å². The van der Waals surface area contributed by atoms with Crippen molar-refractivity contribution >= 4 is 0 Å². The van der Waals surface area contributed by atoms with Crippen LogP contribution in [0.4, 0.5) is 61.5 Å². The van der Waals surface area contributed by atoms with Crippen LogP contribution in [0.2, 0.25) is 0 Å². The van der Waals surface area contributed by atoms with E-state index in [0.29, 0.717) is 0 Å². The predicted octanol–water partition coefficient (Wildman–Crippen LogP) is 5.50. The maximum absolute atomic E-state index is 13.0. The summed E-state index contributed by atoms with van der Waals surface area (Å²) in [6.07, 6.45) is -33.1. The number of ether oxygens (including phenoxy) is 2. The van der Waals surface area contributed by atoms with Crippen molar-refractivity contribution in [2.24, 2.45) is 0 Å². The Balaban J connectivity index is 5.74. The van der Waals surface area contributed by atoms with Gasteiger partial charge >= 0.3 is 36.5 Å². The van der Waals surface area contributed by atoms with E-state index >= 15 is 0 Å². The summed E-state index contributed by atoms with van der Waals surface area (Å²) in [5.41, 5.74) is 0. The average molecular weight is 424 g/mol. The Bertz CT molecular complexity index is 508. The summed E-state index contributed by atoms with van der Waals surface area (Å²) < 4.78 is 179. The van der Waals surface area contributed by atoms with E-state index in [0.717, 1.165) is 6.92 Å². The number of alkyl halides is 14. The molecule has 0 fully saturated rings. The molecule has 0 bridgehead atoms. The van der Waals surface area contributed by atoms with Crippen molar-refractivity contribution in [2.45, 2.75) is 49.6 Å². The second-order valence-electron chi connectivity index (χ2n) is 4.36. The van der Waals surface area contributed by atoms with Crippen LogP contribution in [0.15, 0.2) is 12.2 Å². The van der Waals surface area contributed by atoms with E-state index in [1.165, 1.54) is 4.74 Å². The zero-order valence-electron chi connectivity index (χ0n) is 11.8. The van der Waals surface area contributed by atoms with Crippen LogP contribution >= 0.6 is 0 Å². The van der Waals surface area contributed by atoms with E-state index in [2.05, 4.69) is 0 Å². The first kappa shape index (κ1) is 24.7. The topological polar surface area (TPSA) is 18.5 Å². The fourth-order valence-corrected chi connectivity index (χ4v) is 1.20. The van der Waals surface area contributed by atoms with Crippen molar-refractivity contribution in [1.29, 1.82) is 0 Å². The lowest BCUT2D eigenvalue weighted by Crippen LogP contribution is -2.61. The number of hydrogen-bond donors (Lipinski definition) is 0. The molecule has 0 aromatic rings. The molecule has 0 aliphatic rings. The van der Waals surface area contributed by atoms with Crippen molar-refractivity contribution in [3.05, 3.63) is 12.2 Å². The van der Waals surface area contributed by atoms with Crippen molar-refractivity contribution in [1.82, 2.24) is 0 Å². The lowest BCUT2D eigenvalue weighted by molar-refractivity contribution is -0.528. The molecule has 2 nitrogen and oxygen atoms in total. The molecule has 0 aliphatic heterocycles. The molecule has 1 unspecified atom stereocenters. The van der Waals surface area contributed by atoms with Crippen molar-refractivity contribution in [2.75, 3.05) is 0 Å². The Morgan fingerprint density at radius 3 is 1.42 bits per heavy atom. The summed E-state index contributed by atoms with van der Waals surface area (Å²) in [5.74, 6) is -12.8. The minimum Gasteiger partial charge on any atom is -0.248 e. The molecule has 0 aromatic carbocycles. The number of hydrogen-bond acceptors (Lipinski definition) is 2. The first-order chi connectivity index (χ1) is 11.1. The molecule has 0 N–H and O–H groups in total. The zero-order chi connectivity index (χ0) is 21.4. The molecule has 1 atom stereocenters. The first-order valence-corrected chi connectivity index (χ1v) is 5.77. The molecule has 26 heavy (non-hydrogen) atoms. The molecule has 0 heterocycles. The molecule has 0 aromatic heterocycles. The lowest BCUT2D eigenvalue weighted by atomic mass is 10.1. The fourth-order valence-electron chi connectivity index (χ4n) is 1.20. The Morgan fingerprint density at radius 2 is 1.08 bits per heavy atom. The van der Waals surface area contributed by atoms with E-state index in [-0.39, 0.29) is 6.08 Å². The van der Waals surface area contributed by atoms with E-state index < -0.39 is 48.8 Å². The normalized spacial score (nSPS) is 17.0. The van der Waals surface area contributed by atoms with Crippen LogP contribution in [0.5, 0.6) is 0 Å². The summed E-state index contributed by atoms with van der Waals surface area (Å²) in [7, 11) is 0. The Labute approximate surface area is 134 Å². The van der Waals surface area contributed by atoms with Crippen LogP contribution < -0.4 is 0 Å². The summed E-state index contributed by atoms with van der Waals surface area (Å²) >= 11 is 0. The van der Waals surface area contributed by atoms with E-state index in [1.54, 1.807) is 4.74 Å². The summed E-state index contributed by atoms with van der Waals surface area (Å²) in [5, 5.41) is 0. The van der Waals surface area contributed by atoms with Gasteiger partial charge in [-0.3, -0.25) is 0 Å². The number of allylic oxidation sites excluding steroid dienone is 2. The second kappa shape index (κ2) is 7.01. The van der Waals surface area contributed by atoms with Gasteiger partial charge in [-0.05, 0) is 13.0 Å². The maximum Gasteiger partial charge on any atom is 0.527 e. The van der Waals surface area contributed by atoms with Gasteiger partial charge in [0, 0.05) is 0 Å². The van der Waals surface area contributed by atoms with E-state index in [9.17, 15) is 61.5 Å². The van der Waals surface area contributed by atoms with Crippen molar-refractivity contribution < 1.29 is 70.9 Å². The van der Waals surface area contributed by atoms with Crippen LogP contribution in [-0.4, -0.2) is 42.7 Å². The van der Waals surface area contributed by atoms with Crippen LogP contribution in [0.25, 0.3) is 0 Å². The van der Waals surface area contributed by atoms with Gasteiger partial charge in [-0.1, -0.05) is 6.08 Å². The number of rotatable bonds is 8. The SMILES string of the molecule is C/C=C\C(F)(F)C(F)C(F)(F)OC(F)(F)C(F)(F)C(F)(F)OC(F)(F)F. The molecule has 156 valence electrons. The minimum absolute atomic E-state index is 0.237. The van der Waals surface area contributed by atoms with Gasteiger partial charge in [0.05, 0.1) is 0 Å². The standard InChI is InChI=1S/C10H6F14O2/c1-2-3-5(12,13)4(11)6(14,15)25-8(18,19)7(16,17)9(20,21)26-10(22,23)24/h2-4H,1H3/b3-2-. The average Bonchev–Trinajstić information content (AvgIpc) is 2.33. The maximum atomic E-state index is 13.0. The van der Waals surface area contributed by atoms with Crippen LogP contribution in [0.1, 0.15) is 6.92 Å². The van der Waals surface area contributed by atoms with Crippen LogP contribution in [0, 0.1) is 0 Å². The third-order valence-corrected chi connectivity index (χ3v) is 2.26. The van der Waals surface area contributed by atoms with E-state index in [1.807, 2.05) is 0 Å². The minimum atomic E-state index is -7.48. The molecule has 16 heteroatoms. The molecule has 0 saturated heterocycles. The highest BCUT2D eigenvalue weighted by molar-refractivity contribution is 5.01. The van der Waals surface area contributed by atoms with Gasteiger partial charge in [-0.2, -0.15) is 43.9 Å². The number of halogens is 14. The predicted molar refractivity (Wildman–Crippen MR) is 52.7 cm³/mol. The molecule has 0 spiro atoms. The Hall–Kier alpha value is -1.32. The Kier molecular flexibility index (Phi) is 6.66.